The van der Waals surface area contributed by atoms with Gasteiger partial charge in [0.15, 0.2) is 0 Å². The number of carbonyl (C=O) groups excluding carboxylic acids is 2. The lowest BCUT2D eigenvalue weighted by Crippen LogP contribution is -2.48. The zero-order valence-electron chi connectivity index (χ0n) is 14.0. The van der Waals surface area contributed by atoms with Crippen LogP contribution in [0.25, 0.3) is 0 Å². The molecule has 0 aliphatic rings. The maximum atomic E-state index is 11.9. The molecule has 0 aromatic carbocycles. The zero-order chi connectivity index (χ0) is 16.8. The van der Waals surface area contributed by atoms with Crippen molar-refractivity contribution in [1.82, 2.24) is 10.2 Å². The molecule has 0 spiro atoms. The minimum absolute atomic E-state index is 0.0626. The van der Waals surface area contributed by atoms with Gasteiger partial charge in [-0.1, -0.05) is 52.0 Å². The van der Waals surface area contributed by atoms with Gasteiger partial charge in [0, 0.05) is 18.2 Å². The molecule has 0 bridgehead atoms. The molecule has 0 aliphatic heterocycles. The average Bonchev–Trinajstić information content (AvgIpc) is 2.53. The summed E-state index contributed by atoms with van der Waals surface area (Å²) in [5.41, 5.74) is 0. The minimum Gasteiger partial charge on any atom is -0.344 e. The van der Waals surface area contributed by atoms with Gasteiger partial charge < -0.3 is 5.32 Å². The fraction of sp³-hybridized carbons (Fsp3) is 0.765. The molecule has 0 aromatic heterocycles. The van der Waals surface area contributed by atoms with Crippen molar-refractivity contribution >= 4 is 23.6 Å². The Balaban J connectivity index is 3.86. The third-order valence-corrected chi connectivity index (χ3v) is 4.15. The summed E-state index contributed by atoms with van der Waals surface area (Å²) in [6.07, 6.45) is 11.0. The van der Waals surface area contributed by atoms with Crippen LogP contribution in [-0.2, 0) is 9.59 Å². The van der Waals surface area contributed by atoms with Crippen LogP contribution in [0, 0.1) is 5.92 Å². The molecule has 0 aliphatic carbocycles. The quantitative estimate of drug-likeness (QED) is 0.303. The second-order valence-corrected chi connectivity index (χ2v) is 6.03. The van der Waals surface area contributed by atoms with Gasteiger partial charge in [-0.2, -0.15) is 0 Å². The highest BCUT2D eigenvalue weighted by Crippen LogP contribution is 2.11. The summed E-state index contributed by atoms with van der Waals surface area (Å²) >= 11 is 5.37. The number of nitrogens with one attached hydrogen (secondary N) is 2. The number of allylic oxidation sites excluding steroid dienone is 1. The van der Waals surface area contributed by atoms with Crippen molar-refractivity contribution in [2.75, 3.05) is 0 Å². The standard InChI is InChI=1S/C17H31ClN2O2/c1-4-6-7-8-9-10-11-12-13-15(21)19-16(14(3)5-2)17(22)20-18/h4,14,16H,1,5-13H2,2-3H3,(H,19,21)(H,20,22). The van der Waals surface area contributed by atoms with E-state index in [0.717, 1.165) is 32.1 Å². The van der Waals surface area contributed by atoms with Crippen LogP contribution < -0.4 is 10.2 Å². The number of rotatable bonds is 13. The number of unbranched alkanes of at least 4 members (excludes halogenated alkanes) is 6. The van der Waals surface area contributed by atoms with Gasteiger partial charge in [0.05, 0.1) is 0 Å². The fourth-order valence-electron chi connectivity index (χ4n) is 2.29. The van der Waals surface area contributed by atoms with Gasteiger partial charge in [0.2, 0.25) is 5.91 Å². The van der Waals surface area contributed by atoms with E-state index >= 15 is 0 Å². The first-order chi connectivity index (χ1) is 10.6. The Kier molecular flexibility index (Phi) is 13.0. The summed E-state index contributed by atoms with van der Waals surface area (Å²) in [4.78, 5) is 25.7. The monoisotopic (exact) mass is 330 g/mol. The second kappa shape index (κ2) is 13.6. The van der Waals surface area contributed by atoms with Gasteiger partial charge in [-0.3, -0.25) is 14.4 Å². The molecule has 5 heteroatoms. The number of amides is 2. The van der Waals surface area contributed by atoms with Crippen LogP contribution in [0.3, 0.4) is 0 Å². The van der Waals surface area contributed by atoms with Gasteiger partial charge in [0.1, 0.15) is 6.04 Å². The summed E-state index contributed by atoms with van der Waals surface area (Å²) in [7, 11) is 0. The molecular weight excluding hydrogens is 300 g/mol. The number of hydrogen-bond acceptors (Lipinski definition) is 2. The highest BCUT2D eigenvalue weighted by molar-refractivity contribution is 6.22. The van der Waals surface area contributed by atoms with E-state index < -0.39 is 6.04 Å². The Hall–Kier alpha value is -1.03. The predicted octanol–water partition coefficient (Wildman–Crippen LogP) is 4.09. The summed E-state index contributed by atoms with van der Waals surface area (Å²) in [5.74, 6) is -0.351. The second-order valence-electron chi connectivity index (χ2n) is 5.84. The zero-order valence-corrected chi connectivity index (χ0v) is 14.8. The van der Waals surface area contributed by atoms with Gasteiger partial charge in [-0.15, -0.1) is 6.58 Å². The van der Waals surface area contributed by atoms with Crippen molar-refractivity contribution in [3.63, 3.8) is 0 Å². The fourth-order valence-corrected chi connectivity index (χ4v) is 2.41. The molecule has 0 saturated carbocycles. The Morgan fingerprint density at radius 2 is 1.73 bits per heavy atom. The van der Waals surface area contributed by atoms with Crippen LogP contribution in [0.1, 0.15) is 71.6 Å². The maximum Gasteiger partial charge on any atom is 0.257 e. The largest absolute Gasteiger partial charge is 0.344 e. The average molecular weight is 331 g/mol. The van der Waals surface area contributed by atoms with Crippen LogP contribution in [0.4, 0.5) is 0 Å². The molecule has 0 rings (SSSR count). The normalized spacial score (nSPS) is 13.2. The first-order valence-corrected chi connectivity index (χ1v) is 8.75. The molecule has 0 radical (unpaired) electrons. The third kappa shape index (κ3) is 9.82. The van der Waals surface area contributed by atoms with Crippen LogP contribution in [0.5, 0.6) is 0 Å². The number of carbonyl (C=O) groups is 2. The Bertz CT molecular complexity index is 335. The molecule has 128 valence electrons. The maximum absolute atomic E-state index is 11.9. The number of halogens is 1. The molecular formula is C17H31ClN2O2. The van der Waals surface area contributed by atoms with Crippen molar-refractivity contribution in [2.45, 2.75) is 77.7 Å². The lowest BCUT2D eigenvalue weighted by Gasteiger charge is -2.22. The Labute approximate surface area is 140 Å². The third-order valence-electron chi connectivity index (χ3n) is 3.97. The summed E-state index contributed by atoms with van der Waals surface area (Å²) in [5, 5.41) is 2.79. The first-order valence-electron chi connectivity index (χ1n) is 8.37. The van der Waals surface area contributed by atoms with Gasteiger partial charge >= 0.3 is 0 Å². The van der Waals surface area contributed by atoms with Crippen LogP contribution in [-0.4, -0.2) is 17.9 Å². The topological polar surface area (TPSA) is 58.2 Å². The van der Waals surface area contributed by atoms with E-state index in [1.165, 1.54) is 19.3 Å². The van der Waals surface area contributed by atoms with E-state index in [1.807, 2.05) is 19.9 Å². The Morgan fingerprint density at radius 3 is 2.27 bits per heavy atom. The summed E-state index contributed by atoms with van der Waals surface area (Å²) in [6.45, 7) is 7.62. The number of hydrogen-bond donors (Lipinski definition) is 2. The van der Waals surface area contributed by atoms with Gasteiger partial charge in [0.25, 0.3) is 5.91 Å². The van der Waals surface area contributed by atoms with E-state index in [2.05, 4.69) is 16.7 Å². The van der Waals surface area contributed by atoms with Crippen LogP contribution in [0.15, 0.2) is 12.7 Å². The molecule has 2 amide bonds. The summed E-state index contributed by atoms with van der Waals surface area (Å²) < 4.78 is 0. The smallest absolute Gasteiger partial charge is 0.257 e. The molecule has 0 saturated heterocycles. The lowest BCUT2D eigenvalue weighted by atomic mass is 9.98. The van der Waals surface area contributed by atoms with E-state index in [1.54, 1.807) is 0 Å². The van der Waals surface area contributed by atoms with Crippen molar-refractivity contribution in [1.29, 1.82) is 0 Å². The van der Waals surface area contributed by atoms with E-state index in [4.69, 9.17) is 11.8 Å². The molecule has 22 heavy (non-hydrogen) atoms. The summed E-state index contributed by atoms with van der Waals surface area (Å²) in [6, 6.07) is -0.547. The molecule has 0 fully saturated rings. The molecule has 2 unspecified atom stereocenters. The highest BCUT2D eigenvalue weighted by atomic mass is 35.5. The Morgan fingerprint density at radius 1 is 1.14 bits per heavy atom. The van der Waals surface area contributed by atoms with Gasteiger partial charge in [-0.05, 0) is 25.2 Å². The van der Waals surface area contributed by atoms with Gasteiger partial charge in [-0.25, -0.2) is 0 Å². The molecule has 2 atom stereocenters. The molecule has 0 aromatic rings. The molecule has 0 heterocycles. The molecule has 2 N–H and O–H groups in total. The van der Waals surface area contributed by atoms with E-state index in [9.17, 15) is 9.59 Å². The van der Waals surface area contributed by atoms with Crippen molar-refractivity contribution in [2.24, 2.45) is 5.92 Å². The SMILES string of the molecule is C=CCCCCCCCCC(=O)NC(C(=O)NCl)C(C)CC. The lowest BCUT2D eigenvalue weighted by molar-refractivity contribution is -0.129. The predicted molar refractivity (Wildman–Crippen MR) is 92.5 cm³/mol. The van der Waals surface area contributed by atoms with E-state index in [0.29, 0.717) is 6.42 Å². The van der Waals surface area contributed by atoms with Crippen molar-refractivity contribution in [3.05, 3.63) is 12.7 Å². The minimum atomic E-state index is -0.547. The first kappa shape index (κ1) is 21.0. The van der Waals surface area contributed by atoms with Crippen molar-refractivity contribution in [3.8, 4) is 0 Å². The van der Waals surface area contributed by atoms with Crippen LogP contribution >= 0.6 is 11.8 Å². The van der Waals surface area contributed by atoms with Crippen molar-refractivity contribution < 1.29 is 9.59 Å². The molecule has 4 nitrogen and oxygen atoms in total. The highest BCUT2D eigenvalue weighted by Gasteiger charge is 2.25. The van der Waals surface area contributed by atoms with E-state index in [-0.39, 0.29) is 17.7 Å². The van der Waals surface area contributed by atoms with Crippen LogP contribution in [0.2, 0.25) is 0 Å².